The van der Waals surface area contributed by atoms with E-state index in [0.717, 1.165) is 0 Å². The monoisotopic (exact) mass is 629 g/mol. The number of hydrogen-bond acceptors (Lipinski definition) is 3. The molecule has 0 fully saturated rings. The van der Waals surface area contributed by atoms with E-state index >= 15 is 0 Å². The largest absolute Gasteiger partial charge is 0.872 e. The van der Waals surface area contributed by atoms with Crippen LogP contribution >= 0.6 is 63.7 Å². The SMILES string of the molecule is O=C1C=CC(=C(c2ccc([O-])cc2)c2c(Br)c(Br)c(Br)c(Br)c2C(=O)O)C=C1. The highest BCUT2D eigenvalue weighted by molar-refractivity contribution is 9.15. The van der Waals surface area contributed by atoms with E-state index in [2.05, 4.69) is 63.7 Å². The molecule has 0 atom stereocenters. The first-order valence-corrected chi connectivity index (χ1v) is 10.9. The second kappa shape index (κ2) is 8.49. The van der Waals surface area contributed by atoms with E-state index in [0.29, 0.717) is 40.2 Å². The van der Waals surface area contributed by atoms with Crippen molar-refractivity contribution >= 4 is 81.0 Å². The minimum Gasteiger partial charge on any atom is -0.872 e. The fraction of sp³-hybridized carbons (Fsp3) is 0. The molecule has 0 unspecified atom stereocenters. The normalized spacial score (nSPS) is 13.1. The van der Waals surface area contributed by atoms with Crippen molar-refractivity contribution in [1.29, 1.82) is 0 Å². The first-order chi connectivity index (χ1) is 13.2. The topological polar surface area (TPSA) is 77.4 Å². The van der Waals surface area contributed by atoms with Crippen molar-refractivity contribution in [2.24, 2.45) is 0 Å². The summed E-state index contributed by atoms with van der Waals surface area (Å²) in [4.78, 5) is 23.7. The van der Waals surface area contributed by atoms with Gasteiger partial charge in [-0.05, 0) is 92.6 Å². The summed E-state index contributed by atoms with van der Waals surface area (Å²) in [6.07, 6.45) is 6.08. The van der Waals surface area contributed by atoms with Crippen LogP contribution < -0.4 is 5.11 Å². The predicted molar refractivity (Wildman–Crippen MR) is 119 cm³/mol. The van der Waals surface area contributed by atoms with Gasteiger partial charge >= 0.3 is 5.97 Å². The maximum Gasteiger partial charge on any atom is 0.337 e. The average molecular weight is 633 g/mol. The molecule has 28 heavy (non-hydrogen) atoms. The summed E-state index contributed by atoms with van der Waals surface area (Å²) in [5, 5.41) is 21.5. The summed E-state index contributed by atoms with van der Waals surface area (Å²) >= 11 is 13.7. The molecule has 0 saturated heterocycles. The van der Waals surface area contributed by atoms with Crippen molar-refractivity contribution < 1.29 is 19.8 Å². The van der Waals surface area contributed by atoms with Crippen molar-refractivity contribution in [2.75, 3.05) is 0 Å². The summed E-state index contributed by atoms with van der Waals surface area (Å²) in [5.74, 6) is -1.45. The number of hydrogen-bond donors (Lipinski definition) is 1. The quantitative estimate of drug-likeness (QED) is 0.333. The Balaban J connectivity index is 2.47. The molecular formula is C20H9Br4O4-. The summed E-state index contributed by atoms with van der Waals surface area (Å²) in [7, 11) is 0. The average Bonchev–Trinajstić information content (AvgIpc) is 2.66. The number of carboxylic acid groups (broad SMARTS) is 1. The van der Waals surface area contributed by atoms with E-state index < -0.39 is 5.97 Å². The molecule has 142 valence electrons. The molecule has 1 aliphatic rings. The van der Waals surface area contributed by atoms with Crippen molar-refractivity contribution in [3.63, 3.8) is 0 Å². The number of carbonyl (C=O) groups is 2. The van der Waals surface area contributed by atoms with Crippen molar-refractivity contribution in [3.8, 4) is 5.75 Å². The summed E-state index contributed by atoms with van der Waals surface area (Å²) in [5.41, 5.74) is 2.30. The molecule has 2 aromatic carbocycles. The molecule has 0 spiro atoms. The Labute approximate surface area is 194 Å². The highest BCUT2D eigenvalue weighted by atomic mass is 79.9. The number of carbonyl (C=O) groups excluding carboxylic acids is 1. The van der Waals surface area contributed by atoms with Crippen LogP contribution in [0, 0.1) is 0 Å². The molecule has 8 heteroatoms. The molecule has 0 saturated carbocycles. The van der Waals surface area contributed by atoms with Crippen LogP contribution in [0.5, 0.6) is 5.75 Å². The van der Waals surface area contributed by atoms with Crippen LogP contribution in [0.2, 0.25) is 0 Å². The van der Waals surface area contributed by atoms with Gasteiger partial charge in [-0.1, -0.05) is 36.4 Å². The predicted octanol–water partition coefficient (Wildman–Crippen LogP) is 6.01. The number of allylic oxidation sites excluding steroid dienone is 5. The van der Waals surface area contributed by atoms with Crippen LogP contribution in [-0.4, -0.2) is 16.9 Å². The van der Waals surface area contributed by atoms with Crippen LogP contribution in [0.25, 0.3) is 5.57 Å². The fourth-order valence-corrected chi connectivity index (χ4v) is 5.25. The van der Waals surface area contributed by atoms with Gasteiger partial charge in [0.15, 0.2) is 5.78 Å². The van der Waals surface area contributed by atoms with E-state index in [1.54, 1.807) is 24.3 Å². The Morgan fingerprint density at radius 1 is 0.786 bits per heavy atom. The Morgan fingerprint density at radius 2 is 1.29 bits per heavy atom. The number of rotatable bonds is 3. The summed E-state index contributed by atoms with van der Waals surface area (Å²) in [6, 6.07) is 6.08. The van der Waals surface area contributed by atoms with Crippen molar-refractivity contribution in [3.05, 3.63) is 88.7 Å². The van der Waals surface area contributed by atoms with E-state index in [4.69, 9.17) is 0 Å². The Bertz CT molecular complexity index is 1080. The third kappa shape index (κ3) is 3.96. The number of benzene rings is 2. The van der Waals surface area contributed by atoms with Gasteiger partial charge in [-0.15, -0.1) is 5.75 Å². The third-order valence-electron chi connectivity index (χ3n) is 4.02. The smallest absolute Gasteiger partial charge is 0.337 e. The molecule has 1 N–H and O–H groups in total. The first-order valence-electron chi connectivity index (χ1n) is 7.73. The first kappa shape index (κ1) is 21.2. The Kier molecular flexibility index (Phi) is 6.44. The van der Waals surface area contributed by atoms with Crippen LogP contribution in [0.1, 0.15) is 21.5 Å². The lowest BCUT2D eigenvalue weighted by Crippen LogP contribution is -2.08. The van der Waals surface area contributed by atoms with Crippen molar-refractivity contribution in [1.82, 2.24) is 0 Å². The molecule has 0 aliphatic heterocycles. The molecule has 0 radical (unpaired) electrons. The highest BCUT2D eigenvalue weighted by Crippen LogP contribution is 2.47. The maximum atomic E-state index is 12.1. The standard InChI is InChI=1S/C20H10Br4O4/c21-16-14(15(20(27)28)17(22)19(24)18(16)23)13(9-1-5-11(25)6-2-9)10-3-7-12(26)8-4-10/h1-8,25H,(H,27,28)/p-1. The Hall–Kier alpha value is -1.48. The van der Waals surface area contributed by atoms with Crippen molar-refractivity contribution in [2.45, 2.75) is 0 Å². The lowest BCUT2D eigenvalue weighted by atomic mass is 9.88. The zero-order valence-electron chi connectivity index (χ0n) is 13.8. The molecule has 0 amide bonds. The van der Waals surface area contributed by atoms with Gasteiger partial charge in [0.25, 0.3) is 0 Å². The number of carboxylic acids is 1. The zero-order chi connectivity index (χ0) is 20.6. The minimum absolute atomic E-state index is 0.0364. The summed E-state index contributed by atoms with van der Waals surface area (Å²) < 4.78 is 2.05. The molecule has 4 nitrogen and oxygen atoms in total. The van der Waals surface area contributed by atoms with Gasteiger partial charge in [0.2, 0.25) is 0 Å². The van der Waals surface area contributed by atoms with E-state index in [1.165, 1.54) is 24.3 Å². The van der Waals surface area contributed by atoms with Gasteiger partial charge in [0.1, 0.15) is 0 Å². The van der Waals surface area contributed by atoms with Crippen LogP contribution in [0.3, 0.4) is 0 Å². The van der Waals surface area contributed by atoms with Crippen LogP contribution in [0.4, 0.5) is 0 Å². The molecule has 1 aliphatic carbocycles. The Morgan fingerprint density at radius 3 is 1.79 bits per heavy atom. The number of ketones is 1. The van der Waals surface area contributed by atoms with Gasteiger partial charge < -0.3 is 10.2 Å². The van der Waals surface area contributed by atoms with Gasteiger partial charge in [0.05, 0.1) is 5.56 Å². The van der Waals surface area contributed by atoms with E-state index in [9.17, 15) is 19.8 Å². The second-order valence-electron chi connectivity index (χ2n) is 5.73. The number of halogens is 4. The molecule has 0 bridgehead atoms. The second-order valence-corrected chi connectivity index (χ2v) is 8.91. The molecule has 0 aromatic heterocycles. The lowest BCUT2D eigenvalue weighted by Gasteiger charge is -2.21. The summed E-state index contributed by atoms with van der Waals surface area (Å²) in [6.45, 7) is 0. The zero-order valence-corrected chi connectivity index (χ0v) is 20.1. The van der Waals surface area contributed by atoms with E-state index in [1.807, 2.05) is 0 Å². The molecule has 3 rings (SSSR count). The minimum atomic E-state index is -1.13. The fourth-order valence-electron chi connectivity index (χ4n) is 2.77. The number of aromatic carboxylic acids is 1. The van der Waals surface area contributed by atoms with Gasteiger partial charge in [-0.25, -0.2) is 4.79 Å². The van der Waals surface area contributed by atoms with Gasteiger partial charge in [-0.2, -0.15) is 0 Å². The highest BCUT2D eigenvalue weighted by Gasteiger charge is 2.27. The van der Waals surface area contributed by atoms with Crippen LogP contribution in [-0.2, 0) is 4.79 Å². The lowest BCUT2D eigenvalue weighted by molar-refractivity contribution is -0.268. The van der Waals surface area contributed by atoms with Gasteiger partial charge in [0, 0.05) is 23.5 Å². The molecule has 0 heterocycles. The van der Waals surface area contributed by atoms with E-state index in [-0.39, 0.29) is 17.1 Å². The molecule has 2 aromatic rings. The molecular weight excluding hydrogens is 624 g/mol. The van der Waals surface area contributed by atoms with Crippen LogP contribution in [0.15, 0.2) is 72.0 Å². The maximum absolute atomic E-state index is 12.1. The third-order valence-corrected chi connectivity index (χ3v) is 8.79. The van der Waals surface area contributed by atoms with Gasteiger partial charge in [-0.3, -0.25) is 4.79 Å².